The number of nitrogens with one attached hydrogen (secondary N) is 3. The molecule has 2 saturated heterocycles. The fourth-order valence-corrected chi connectivity index (χ4v) is 9.15. The second-order valence-electron chi connectivity index (χ2n) is 16.1. The zero-order valence-electron chi connectivity index (χ0n) is 35.1. The summed E-state index contributed by atoms with van der Waals surface area (Å²) in [5.74, 6) is 0.960. The first-order chi connectivity index (χ1) is 30.2. The second-order valence-corrected chi connectivity index (χ2v) is 16.1. The van der Waals surface area contributed by atoms with Crippen LogP contribution in [0.4, 0.5) is 9.18 Å². The van der Waals surface area contributed by atoms with Crippen LogP contribution in [-0.4, -0.2) is 89.9 Å². The number of likely N-dealkylation sites (N-methyl/N-ethyl adjacent to an activating group) is 1. The Labute approximate surface area is 361 Å². The number of likely N-dealkylation sites (tertiary alicyclic amines) is 2. The van der Waals surface area contributed by atoms with Crippen molar-refractivity contribution in [2.24, 2.45) is 0 Å². The molecule has 0 spiro atoms. The number of H-pyrrole nitrogens is 2. The Morgan fingerprint density at radius 3 is 1.81 bits per heavy atom. The van der Waals surface area contributed by atoms with Crippen molar-refractivity contribution in [2.75, 3.05) is 26.2 Å². The zero-order chi connectivity index (χ0) is 43.2. The van der Waals surface area contributed by atoms with Crippen molar-refractivity contribution in [1.82, 2.24) is 40.0 Å². The summed E-state index contributed by atoms with van der Waals surface area (Å²) in [4.78, 5) is 61.8. The third kappa shape index (κ3) is 9.18. The first kappa shape index (κ1) is 42.1. The number of aromatic nitrogens is 4. The number of halogens is 1. The molecular weight excluding hydrogens is 784 g/mol. The van der Waals surface area contributed by atoms with Crippen LogP contribution in [0.25, 0.3) is 33.6 Å². The normalized spacial score (nSPS) is 17.4. The quantitative estimate of drug-likeness (QED) is 0.0807. The molecule has 13 heteroatoms. The van der Waals surface area contributed by atoms with E-state index < -0.39 is 18.0 Å². The van der Waals surface area contributed by atoms with Crippen LogP contribution < -0.4 is 5.32 Å². The number of aromatic amines is 2. The Bertz CT molecular complexity index is 2470. The maximum atomic E-state index is 14.4. The molecule has 4 atom stereocenters. The lowest BCUT2D eigenvalue weighted by Gasteiger charge is -2.34. The maximum Gasteiger partial charge on any atom is 0.404 e. The summed E-state index contributed by atoms with van der Waals surface area (Å²) in [7, 11) is 0. The Balaban J connectivity index is 0.907. The van der Waals surface area contributed by atoms with E-state index in [1.54, 1.807) is 29.3 Å². The third-order valence-electron chi connectivity index (χ3n) is 12.4. The van der Waals surface area contributed by atoms with Crippen molar-refractivity contribution in [3.05, 3.63) is 144 Å². The van der Waals surface area contributed by atoms with Gasteiger partial charge in [0.2, 0.25) is 11.8 Å². The summed E-state index contributed by atoms with van der Waals surface area (Å²) in [5.41, 5.74) is 7.17. The number of nitrogens with zero attached hydrogens (tertiary/aromatic N) is 5. The molecule has 62 heavy (non-hydrogen) atoms. The molecule has 320 valence electrons. The highest BCUT2D eigenvalue weighted by Crippen LogP contribution is 2.37. The van der Waals surface area contributed by atoms with Crippen molar-refractivity contribution in [3.63, 3.8) is 0 Å². The number of carbonyl (C=O) groups excluding carboxylic acids is 2. The second kappa shape index (κ2) is 19.0. The van der Waals surface area contributed by atoms with Gasteiger partial charge in [-0.3, -0.25) is 14.5 Å². The smallest absolute Gasteiger partial charge is 0.404 e. The monoisotopic (exact) mass is 836 g/mol. The molecule has 6 aromatic rings. The van der Waals surface area contributed by atoms with E-state index in [-0.39, 0.29) is 42.8 Å². The minimum Gasteiger partial charge on any atom is -0.465 e. The van der Waals surface area contributed by atoms with Gasteiger partial charge in [0.05, 0.1) is 35.9 Å². The lowest BCUT2D eigenvalue weighted by Crippen LogP contribution is -2.43. The van der Waals surface area contributed by atoms with Gasteiger partial charge in [0.1, 0.15) is 23.5 Å². The van der Waals surface area contributed by atoms with Gasteiger partial charge in [-0.05, 0) is 84.6 Å². The average Bonchev–Trinajstić information content (AvgIpc) is 4.14. The molecular formula is C49H53FN8O4. The number of benzene rings is 4. The Hall–Kier alpha value is -6.60. The molecule has 3 amide bonds. The number of amides is 3. The van der Waals surface area contributed by atoms with Gasteiger partial charge in [0.15, 0.2) is 0 Å². The number of carbonyl (C=O) groups is 3. The molecule has 0 unspecified atom stereocenters. The Morgan fingerprint density at radius 2 is 1.26 bits per heavy atom. The fraction of sp³-hybridized carbons (Fsp3) is 0.327. The van der Waals surface area contributed by atoms with Crippen molar-refractivity contribution in [2.45, 2.75) is 76.5 Å². The molecule has 2 aromatic heterocycles. The van der Waals surface area contributed by atoms with E-state index in [9.17, 15) is 23.9 Å². The predicted molar refractivity (Wildman–Crippen MR) is 236 cm³/mol. The van der Waals surface area contributed by atoms with Gasteiger partial charge in [-0.1, -0.05) is 111 Å². The van der Waals surface area contributed by atoms with Crippen LogP contribution in [0, 0.1) is 5.82 Å². The SMILES string of the molecule is CCN(CC)[C@@H](C(=O)N1CCC[C@H]1c1ncc(-c2ccc(-c3ccc(-c4cnc([C@@H]5CCCN5C(=O)C[C@@H](Cc5ccccc5F)NC(=O)O)[nH]4)cc3)cc2)[nH]1)c1ccccc1. The number of rotatable bonds is 15. The molecule has 8 rings (SSSR count). The lowest BCUT2D eigenvalue weighted by molar-refractivity contribution is -0.138. The van der Waals surface area contributed by atoms with E-state index in [0.29, 0.717) is 24.5 Å². The van der Waals surface area contributed by atoms with Crippen molar-refractivity contribution in [3.8, 4) is 33.6 Å². The highest BCUT2D eigenvalue weighted by Gasteiger charge is 2.38. The molecule has 0 aliphatic carbocycles. The predicted octanol–water partition coefficient (Wildman–Crippen LogP) is 8.95. The fourth-order valence-electron chi connectivity index (χ4n) is 9.15. The summed E-state index contributed by atoms with van der Waals surface area (Å²) in [6, 6.07) is 31.4. The van der Waals surface area contributed by atoms with Crippen molar-refractivity contribution < 1.29 is 23.9 Å². The average molecular weight is 837 g/mol. The zero-order valence-corrected chi connectivity index (χ0v) is 35.1. The van der Waals surface area contributed by atoms with Crippen LogP contribution in [0.15, 0.2) is 116 Å². The van der Waals surface area contributed by atoms with E-state index in [1.165, 1.54) is 6.07 Å². The van der Waals surface area contributed by atoms with Gasteiger partial charge in [-0.25, -0.2) is 19.2 Å². The molecule has 0 bridgehead atoms. The van der Waals surface area contributed by atoms with Gasteiger partial charge in [0.25, 0.3) is 0 Å². The third-order valence-corrected chi connectivity index (χ3v) is 12.4. The highest BCUT2D eigenvalue weighted by atomic mass is 19.1. The molecule has 0 radical (unpaired) electrons. The topological polar surface area (TPSA) is 151 Å². The van der Waals surface area contributed by atoms with E-state index >= 15 is 0 Å². The number of hydrogen-bond donors (Lipinski definition) is 4. The van der Waals surface area contributed by atoms with E-state index in [1.807, 2.05) is 53.6 Å². The number of imidazole rings is 2. The summed E-state index contributed by atoms with van der Waals surface area (Å²) in [6.45, 7) is 7.00. The van der Waals surface area contributed by atoms with E-state index in [4.69, 9.17) is 4.98 Å². The van der Waals surface area contributed by atoms with E-state index in [0.717, 1.165) is 83.8 Å². The summed E-state index contributed by atoms with van der Waals surface area (Å²) in [5, 5.41) is 11.8. The Kier molecular flexibility index (Phi) is 12.9. The van der Waals surface area contributed by atoms with Crippen molar-refractivity contribution in [1.29, 1.82) is 0 Å². The minimum atomic E-state index is -1.26. The molecule has 4 N–H and O–H groups in total. The van der Waals surface area contributed by atoms with Gasteiger partial charge in [-0.2, -0.15) is 0 Å². The minimum absolute atomic E-state index is 0.0665. The van der Waals surface area contributed by atoms with Crippen LogP contribution in [0.5, 0.6) is 0 Å². The molecule has 4 aromatic carbocycles. The van der Waals surface area contributed by atoms with Crippen LogP contribution >= 0.6 is 0 Å². The standard InChI is InChI=1S/C49H53FN8O4/c1-3-56(4-2)45(36-12-6-5-7-13-36)48(60)58-27-11-17-43(58)47-52-31-41(55-47)35-24-20-33(21-25-35)32-18-22-34(23-19-32)40-30-51-46(54-40)42-16-10-26-57(42)44(59)29-38(53-49(61)62)28-37-14-8-9-15-39(37)50/h5-9,12-15,18-25,30-31,38,42-43,45,53H,3-4,10-11,16-17,26-29H2,1-2H3,(H,51,54)(H,52,55)(H,61,62)/t38-,42+,43+,45-/m1/s1. The molecule has 12 nitrogen and oxygen atoms in total. The van der Waals surface area contributed by atoms with Crippen LogP contribution in [0.1, 0.15) is 86.9 Å². The molecule has 0 saturated carbocycles. The van der Waals surface area contributed by atoms with Gasteiger partial charge in [-0.15, -0.1) is 0 Å². The molecule has 4 heterocycles. The van der Waals surface area contributed by atoms with Gasteiger partial charge in [0, 0.05) is 25.6 Å². The summed E-state index contributed by atoms with van der Waals surface area (Å²) < 4.78 is 14.4. The number of hydrogen-bond acceptors (Lipinski definition) is 6. The van der Waals surface area contributed by atoms with Crippen LogP contribution in [0.3, 0.4) is 0 Å². The molecule has 2 aliphatic rings. The summed E-state index contributed by atoms with van der Waals surface area (Å²) in [6.07, 6.45) is 5.66. The van der Waals surface area contributed by atoms with E-state index in [2.05, 4.69) is 75.4 Å². The summed E-state index contributed by atoms with van der Waals surface area (Å²) >= 11 is 0. The number of carboxylic acid groups (broad SMARTS) is 1. The van der Waals surface area contributed by atoms with Crippen molar-refractivity contribution >= 4 is 17.9 Å². The van der Waals surface area contributed by atoms with Crippen LogP contribution in [0.2, 0.25) is 0 Å². The van der Waals surface area contributed by atoms with Crippen LogP contribution in [-0.2, 0) is 16.0 Å². The first-order valence-corrected chi connectivity index (χ1v) is 21.6. The largest absolute Gasteiger partial charge is 0.465 e. The first-order valence-electron chi connectivity index (χ1n) is 21.6. The molecule has 2 fully saturated rings. The molecule has 2 aliphatic heterocycles. The highest BCUT2D eigenvalue weighted by molar-refractivity contribution is 5.84. The van der Waals surface area contributed by atoms with Gasteiger partial charge >= 0.3 is 6.09 Å². The lowest BCUT2D eigenvalue weighted by atomic mass is 10.0. The Morgan fingerprint density at radius 1 is 0.742 bits per heavy atom. The maximum absolute atomic E-state index is 14.4. The van der Waals surface area contributed by atoms with Gasteiger partial charge < -0.3 is 30.2 Å².